The highest BCUT2D eigenvalue weighted by atomic mass is 28.2. The second-order valence-corrected chi connectivity index (χ2v) is 12.0. The SMILES string of the molecule is [Si]C12C3([Si])C4([Si])C1([Si])C1([Si])C2([Si])C3([Si])C41[Si]. The van der Waals surface area contributed by atoms with Crippen LogP contribution in [0.5, 0.6) is 0 Å². The molecule has 0 heterocycles. The van der Waals surface area contributed by atoms with Gasteiger partial charge in [-0.15, -0.1) is 0 Å². The molecule has 6 saturated carbocycles. The summed E-state index contributed by atoms with van der Waals surface area (Å²) >= 11 is 0. The molecule has 0 saturated heterocycles. The van der Waals surface area contributed by atoms with Gasteiger partial charge in [0.25, 0.3) is 0 Å². The maximum Gasteiger partial charge on any atom is 0.0324 e. The van der Waals surface area contributed by atoms with E-state index in [1.807, 2.05) is 0 Å². The average Bonchev–Trinajstić information content (AvgIpc) is 2.27. The summed E-state index contributed by atoms with van der Waals surface area (Å²) in [5, 5.41) is 0.0898. The first-order valence-corrected chi connectivity index (χ1v) is 9.00. The van der Waals surface area contributed by atoms with E-state index in [9.17, 15) is 0 Å². The maximum absolute atomic E-state index is 4.02. The molecule has 0 aromatic rings. The fourth-order valence-corrected chi connectivity index (χ4v) is 18.4. The molecule has 0 N–H and O–H groups in total. The van der Waals surface area contributed by atoms with Gasteiger partial charge in [0.2, 0.25) is 0 Å². The van der Waals surface area contributed by atoms with Crippen LogP contribution in [-0.4, -0.2) is 81.9 Å². The predicted octanol–water partition coefficient (Wildman–Crippen LogP) is -1.33. The fraction of sp³-hybridized carbons (Fsp3) is 1.00. The quantitative estimate of drug-likeness (QED) is 0.485. The maximum atomic E-state index is 4.02. The molecule has 6 aliphatic rings. The van der Waals surface area contributed by atoms with Gasteiger partial charge in [0.05, 0.1) is 0 Å². The van der Waals surface area contributed by atoms with E-state index in [0.29, 0.717) is 0 Å². The Kier molecular flexibility index (Phi) is 1.10. The molecule has 24 radical (unpaired) electrons. The second-order valence-electron chi connectivity index (χ2n) is 6.00. The normalized spacial score (nSPS) is 97.5. The van der Waals surface area contributed by atoms with Gasteiger partial charge in [-0.05, 0) is 40.3 Å². The average molecular weight is 321 g/mol. The molecule has 0 aliphatic heterocycles. The minimum Gasteiger partial charge on any atom is -0.0324 e. The van der Waals surface area contributed by atoms with Crippen LogP contribution in [0.3, 0.4) is 0 Å². The van der Waals surface area contributed by atoms with Crippen LogP contribution in [0.25, 0.3) is 0 Å². The molecular formula is C8Si8. The Hall–Kier alpha value is 1.74. The van der Waals surface area contributed by atoms with Gasteiger partial charge < -0.3 is 0 Å². The summed E-state index contributed by atoms with van der Waals surface area (Å²) in [6.07, 6.45) is 0. The standard InChI is InChI=1S/C8Si8/c9-1-2(10)5(13)3(1,11)7(15)4(1,12)6(2,14)8(5,7)16. The summed E-state index contributed by atoms with van der Waals surface area (Å²) in [5.74, 6) is 0. The molecule has 16 heavy (non-hydrogen) atoms. The van der Waals surface area contributed by atoms with Crippen molar-refractivity contribution in [1.82, 2.24) is 0 Å². The second kappa shape index (κ2) is 1.68. The Labute approximate surface area is 122 Å². The van der Waals surface area contributed by atoms with E-state index in [-0.39, 0.29) is 40.3 Å². The number of hydrogen-bond acceptors (Lipinski definition) is 0. The Morgan fingerprint density at radius 1 is 0.250 bits per heavy atom. The number of hydrogen-bond donors (Lipinski definition) is 0. The van der Waals surface area contributed by atoms with E-state index < -0.39 is 0 Å². The summed E-state index contributed by atoms with van der Waals surface area (Å²) in [6, 6.07) is 0. The monoisotopic (exact) mass is 320 g/mol. The van der Waals surface area contributed by atoms with E-state index in [1.54, 1.807) is 0 Å². The number of rotatable bonds is 0. The molecule has 0 spiro atoms. The highest BCUT2D eigenvalue weighted by Crippen LogP contribution is 3.48. The largest absolute Gasteiger partial charge is 0.0324 e. The van der Waals surface area contributed by atoms with Crippen LogP contribution in [0, 0.1) is 0 Å². The Morgan fingerprint density at radius 2 is 0.312 bits per heavy atom. The van der Waals surface area contributed by atoms with Gasteiger partial charge in [0.1, 0.15) is 0 Å². The highest BCUT2D eigenvalue weighted by Gasteiger charge is 3.28. The molecule has 6 rings (SSSR count). The molecule has 64 valence electrons. The van der Waals surface area contributed by atoms with Crippen LogP contribution in [0.2, 0.25) is 40.3 Å². The van der Waals surface area contributed by atoms with Crippen LogP contribution in [-0.2, 0) is 0 Å². The van der Waals surface area contributed by atoms with E-state index in [4.69, 9.17) is 0 Å². The van der Waals surface area contributed by atoms with Crippen LogP contribution in [0.1, 0.15) is 0 Å². The molecule has 0 atom stereocenters. The van der Waals surface area contributed by atoms with E-state index in [0.717, 1.165) is 0 Å². The van der Waals surface area contributed by atoms with Crippen molar-refractivity contribution >= 4 is 81.9 Å². The molecular weight excluding hydrogens is 321 g/mol. The molecule has 6 fully saturated rings. The van der Waals surface area contributed by atoms with Crippen molar-refractivity contribution in [3.63, 3.8) is 0 Å². The van der Waals surface area contributed by atoms with Crippen LogP contribution < -0.4 is 0 Å². The van der Waals surface area contributed by atoms with Crippen LogP contribution >= 0.6 is 0 Å². The van der Waals surface area contributed by atoms with Gasteiger partial charge >= 0.3 is 0 Å². The smallest absolute Gasteiger partial charge is 0.0324 e. The zero-order valence-electron chi connectivity index (χ0n) is 8.00. The molecule has 0 unspecified atom stereocenters. The lowest BCUT2D eigenvalue weighted by Gasteiger charge is -3.33. The van der Waals surface area contributed by atoms with Crippen LogP contribution in [0.4, 0.5) is 0 Å². The Balaban J connectivity index is 1.95. The molecule has 0 amide bonds. The lowest BCUT2D eigenvalue weighted by molar-refractivity contribution is -0.465. The first-order valence-electron chi connectivity index (χ1n) is 5.00. The third-order valence-corrected chi connectivity index (χ3v) is 18.8. The van der Waals surface area contributed by atoms with Crippen molar-refractivity contribution in [2.75, 3.05) is 0 Å². The van der Waals surface area contributed by atoms with Gasteiger partial charge in [0, 0.05) is 81.9 Å². The van der Waals surface area contributed by atoms with Crippen LogP contribution in [0.15, 0.2) is 0 Å². The first kappa shape index (κ1) is 10.5. The molecule has 6 aliphatic carbocycles. The summed E-state index contributed by atoms with van der Waals surface area (Å²) in [5.41, 5.74) is 0. The van der Waals surface area contributed by atoms with Gasteiger partial charge in [-0.25, -0.2) is 0 Å². The zero-order valence-corrected chi connectivity index (χ0v) is 16.0. The van der Waals surface area contributed by atoms with Gasteiger partial charge in [0.15, 0.2) is 0 Å². The van der Waals surface area contributed by atoms with Gasteiger partial charge in [-0.3, -0.25) is 0 Å². The molecule has 0 aromatic heterocycles. The topological polar surface area (TPSA) is 0 Å². The minimum atomic E-state index is 0.0112. The first-order chi connectivity index (χ1) is 7.00. The summed E-state index contributed by atoms with van der Waals surface area (Å²) in [6.45, 7) is 0. The molecule has 0 nitrogen and oxygen atoms in total. The van der Waals surface area contributed by atoms with Gasteiger partial charge in [-0.1, -0.05) is 0 Å². The van der Waals surface area contributed by atoms with Crippen molar-refractivity contribution in [1.29, 1.82) is 0 Å². The van der Waals surface area contributed by atoms with E-state index in [2.05, 4.69) is 81.9 Å². The molecule has 0 bridgehead atoms. The highest BCUT2D eigenvalue weighted by molar-refractivity contribution is 6.74. The summed E-state index contributed by atoms with van der Waals surface area (Å²) in [7, 11) is 32.1. The summed E-state index contributed by atoms with van der Waals surface area (Å²) < 4.78 is 0. The van der Waals surface area contributed by atoms with Crippen molar-refractivity contribution in [2.24, 2.45) is 0 Å². The molecule has 0 aromatic carbocycles. The van der Waals surface area contributed by atoms with E-state index >= 15 is 0 Å². The lowest BCUT2D eigenvalue weighted by atomic mass is 8.96. The predicted molar refractivity (Wildman–Crippen MR) is 67.6 cm³/mol. The zero-order chi connectivity index (χ0) is 12.0. The lowest BCUT2D eigenvalue weighted by Crippen LogP contribution is -3.14. The van der Waals surface area contributed by atoms with Crippen molar-refractivity contribution in [3.05, 3.63) is 0 Å². The Morgan fingerprint density at radius 3 is 0.375 bits per heavy atom. The third-order valence-electron chi connectivity index (χ3n) is 6.75. The van der Waals surface area contributed by atoms with Crippen molar-refractivity contribution in [2.45, 2.75) is 40.3 Å². The Bertz CT molecular complexity index is 332. The third kappa shape index (κ3) is 0.284. The van der Waals surface area contributed by atoms with E-state index in [1.165, 1.54) is 0 Å². The molecule has 8 heteroatoms. The van der Waals surface area contributed by atoms with Crippen molar-refractivity contribution in [3.8, 4) is 0 Å². The fourth-order valence-electron chi connectivity index (χ4n) is 6.38. The summed E-state index contributed by atoms with van der Waals surface area (Å²) in [4.78, 5) is 0. The van der Waals surface area contributed by atoms with Crippen molar-refractivity contribution < 1.29 is 0 Å². The minimum absolute atomic E-state index is 0.0112. The van der Waals surface area contributed by atoms with Gasteiger partial charge in [-0.2, -0.15) is 0 Å².